The zero-order valence-electron chi connectivity index (χ0n) is 16.7. The second kappa shape index (κ2) is 9.13. The quantitative estimate of drug-likeness (QED) is 0.653. The number of nitrogens with one attached hydrogen (secondary N) is 1. The fraction of sp³-hybridized carbons (Fsp3) is 0.273. The van der Waals surface area contributed by atoms with Gasteiger partial charge in [0.15, 0.2) is 5.13 Å². The first kappa shape index (κ1) is 20.2. The molecule has 0 bridgehead atoms. The lowest BCUT2D eigenvalue weighted by Crippen LogP contribution is -2.46. The number of benzene rings is 2. The molecule has 2 aromatic carbocycles. The molecular weight excluding hydrogens is 403 g/mol. The maximum absolute atomic E-state index is 13.7. The summed E-state index contributed by atoms with van der Waals surface area (Å²) in [5.74, 6) is 0.224. The van der Waals surface area contributed by atoms with Crippen molar-refractivity contribution in [3.05, 3.63) is 71.0 Å². The smallest absolute Gasteiger partial charge is 0.271 e. The van der Waals surface area contributed by atoms with Crippen molar-refractivity contribution in [2.45, 2.75) is 6.54 Å². The Bertz CT molecular complexity index is 1020. The molecule has 0 unspecified atom stereocenters. The van der Waals surface area contributed by atoms with Crippen LogP contribution in [-0.2, 0) is 6.54 Å². The lowest BCUT2D eigenvalue weighted by molar-refractivity contribution is 0.0946. The van der Waals surface area contributed by atoms with Crippen LogP contribution in [0.2, 0.25) is 0 Å². The highest BCUT2D eigenvalue weighted by atomic mass is 32.1. The van der Waals surface area contributed by atoms with Crippen LogP contribution in [0.5, 0.6) is 5.75 Å². The fourth-order valence-corrected chi connectivity index (χ4v) is 4.24. The van der Waals surface area contributed by atoms with Gasteiger partial charge in [-0.05, 0) is 18.2 Å². The van der Waals surface area contributed by atoms with Crippen LogP contribution in [0.3, 0.4) is 0 Å². The Kier molecular flexibility index (Phi) is 6.13. The second-order valence-corrected chi connectivity index (χ2v) is 7.80. The first-order chi connectivity index (χ1) is 14.6. The largest absolute Gasteiger partial charge is 0.497 e. The van der Waals surface area contributed by atoms with Crippen molar-refractivity contribution >= 4 is 28.1 Å². The van der Waals surface area contributed by atoms with E-state index in [4.69, 9.17) is 4.74 Å². The van der Waals surface area contributed by atoms with Crippen LogP contribution < -0.4 is 19.9 Å². The summed E-state index contributed by atoms with van der Waals surface area (Å²) in [6, 6.07) is 14.5. The molecule has 30 heavy (non-hydrogen) atoms. The van der Waals surface area contributed by atoms with Crippen molar-refractivity contribution in [2.75, 3.05) is 43.1 Å². The molecule has 156 valence electrons. The van der Waals surface area contributed by atoms with Crippen molar-refractivity contribution in [1.82, 2.24) is 10.3 Å². The number of methoxy groups -OCH3 is 1. The van der Waals surface area contributed by atoms with E-state index in [0.29, 0.717) is 11.3 Å². The number of aromatic nitrogens is 1. The number of ether oxygens (including phenoxy) is 1. The number of piperazine rings is 1. The fourth-order valence-electron chi connectivity index (χ4n) is 3.38. The summed E-state index contributed by atoms with van der Waals surface area (Å²) in [7, 11) is 1.67. The van der Waals surface area contributed by atoms with Gasteiger partial charge in [0.25, 0.3) is 5.91 Å². The topological polar surface area (TPSA) is 57.7 Å². The van der Waals surface area contributed by atoms with E-state index in [1.165, 1.54) is 17.4 Å². The maximum Gasteiger partial charge on any atom is 0.271 e. The Morgan fingerprint density at radius 1 is 1.13 bits per heavy atom. The summed E-state index contributed by atoms with van der Waals surface area (Å²) in [5, 5.41) is 5.32. The molecule has 0 atom stereocenters. The Morgan fingerprint density at radius 3 is 2.67 bits per heavy atom. The first-order valence-electron chi connectivity index (χ1n) is 9.75. The molecule has 1 amide bonds. The monoisotopic (exact) mass is 426 g/mol. The third-order valence-electron chi connectivity index (χ3n) is 5.09. The molecule has 2 heterocycles. The number of hydrogen-bond acceptors (Lipinski definition) is 6. The van der Waals surface area contributed by atoms with Crippen molar-refractivity contribution in [2.24, 2.45) is 0 Å². The van der Waals surface area contributed by atoms with E-state index < -0.39 is 0 Å². The van der Waals surface area contributed by atoms with Crippen molar-refractivity contribution in [1.29, 1.82) is 0 Å². The predicted molar refractivity (Wildman–Crippen MR) is 117 cm³/mol. The van der Waals surface area contributed by atoms with E-state index in [9.17, 15) is 9.18 Å². The molecule has 1 aliphatic heterocycles. The van der Waals surface area contributed by atoms with E-state index in [1.54, 1.807) is 30.7 Å². The number of hydrogen-bond donors (Lipinski definition) is 1. The molecule has 8 heteroatoms. The van der Waals surface area contributed by atoms with Gasteiger partial charge in [-0.1, -0.05) is 24.3 Å². The van der Waals surface area contributed by atoms with E-state index in [2.05, 4.69) is 26.2 Å². The maximum atomic E-state index is 13.7. The molecule has 6 nitrogen and oxygen atoms in total. The third kappa shape index (κ3) is 4.54. The summed E-state index contributed by atoms with van der Waals surface area (Å²) >= 11 is 1.45. The molecule has 1 aromatic heterocycles. The highest BCUT2D eigenvalue weighted by Gasteiger charge is 2.21. The van der Waals surface area contributed by atoms with Crippen molar-refractivity contribution < 1.29 is 13.9 Å². The third-order valence-corrected chi connectivity index (χ3v) is 5.99. The van der Waals surface area contributed by atoms with E-state index in [-0.39, 0.29) is 18.3 Å². The van der Waals surface area contributed by atoms with Gasteiger partial charge in [-0.15, -0.1) is 11.3 Å². The van der Waals surface area contributed by atoms with Gasteiger partial charge < -0.3 is 19.9 Å². The minimum Gasteiger partial charge on any atom is -0.497 e. The van der Waals surface area contributed by atoms with Crippen molar-refractivity contribution in [3.8, 4) is 5.75 Å². The van der Waals surface area contributed by atoms with Gasteiger partial charge in [-0.2, -0.15) is 0 Å². The molecule has 1 saturated heterocycles. The zero-order chi connectivity index (χ0) is 20.9. The van der Waals surface area contributed by atoms with E-state index in [1.807, 2.05) is 18.2 Å². The average Bonchev–Trinajstić information content (AvgIpc) is 3.29. The Morgan fingerprint density at radius 2 is 1.90 bits per heavy atom. The Labute approximate surface area is 178 Å². The normalized spacial score (nSPS) is 13.9. The SMILES string of the molecule is COc1cccc(N2CCN(c3nc(C(=O)NCc4ccccc4F)cs3)CC2)c1. The van der Waals surface area contributed by atoms with Gasteiger partial charge in [0.05, 0.1) is 7.11 Å². The van der Waals surface area contributed by atoms with Gasteiger partial charge in [0.2, 0.25) is 0 Å². The van der Waals surface area contributed by atoms with Gasteiger partial charge >= 0.3 is 0 Å². The standard InChI is InChI=1S/C22H23FN4O2S/c1-29-18-7-4-6-17(13-18)26-9-11-27(12-10-26)22-25-20(15-30-22)21(28)24-14-16-5-2-3-8-19(16)23/h2-8,13,15H,9-12,14H2,1H3,(H,24,28). The number of nitrogens with zero attached hydrogens (tertiary/aromatic N) is 3. The first-order valence-corrected chi connectivity index (χ1v) is 10.6. The number of halogens is 1. The Balaban J connectivity index is 1.33. The Hall–Kier alpha value is -3.13. The van der Waals surface area contributed by atoms with Crippen LogP contribution in [0.25, 0.3) is 0 Å². The number of anilines is 2. The molecule has 0 aliphatic carbocycles. The van der Waals surface area contributed by atoms with Crippen molar-refractivity contribution in [3.63, 3.8) is 0 Å². The lowest BCUT2D eigenvalue weighted by Gasteiger charge is -2.36. The molecule has 0 saturated carbocycles. The van der Waals surface area contributed by atoms with Gasteiger partial charge in [0.1, 0.15) is 17.3 Å². The van der Waals surface area contributed by atoms with E-state index in [0.717, 1.165) is 42.7 Å². The summed E-state index contributed by atoms with van der Waals surface area (Å²) in [6.07, 6.45) is 0. The van der Waals surface area contributed by atoms with Gasteiger partial charge in [0, 0.05) is 55.4 Å². The minimum atomic E-state index is -0.328. The number of rotatable bonds is 6. The molecule has 3 aromatic rings. The summed E-state index contributed by atoms with van der Waals surface area (Å²) in [4.78, 5) is 21.4. The van der Waals surface area contributed by atoms with Crippen LogP contribution in [0.4, 0.5) is 15.2 Å². The van der Waals surface area contributed by atoms with Crippen LogP contribution in [0.1, 0.15) is 16.1 Å². The van der Waals surface area contributed by atoms with Gasteiger partial charge in [-0.25, -0.2) is 9.37 Å². The highest BCUT2D eigenvalue weighted by molar-refractivity contribution is 7.13. The lowest BCUT2D eigenvalue weighted by atomic mass is 10.2. The molecular formula is C22H23FN4O2S. The number of carbonyl (C=O) groups excluding carboxylic acids is 1. The summed E-state index contributed by atoms with van der Waals surface area (Å²) < 4.78 is 19.0. The predicted octanol–water partition coefficient (Wildman–Crippen LogP) is 3.55. The average molecular weight is 427 g/mol. The molecule has 4 rings (SSSR count). The number of thiazole rings is 1. The van der Waals surface area contributed by atoms with Gasteiger partial charge in [-0.3, -0.25) is 4.79 Å². The molecule has 0 radical (unpaired) electrons. The summed E-state index contributed by atoms with van der Waals surface area (Å²) in [5.41, 5.74) is 1.96. The number of amides is 1. The highest BCUT2D eigenvalue weighted by Crippen LogP contribution is 2.26. The molecule has 1 fully saturated rings. The van der Waals surface area contributed by atoms with Crippen LogP contribution in [-0.4, -0.2) is 44.2 Å². The molecule has 1 aliphatic rings. The number of carbonyl (C=O) groups is 1. The van der Waals surface area contributed by atoms with Crippen LogP contribution >= 0.6 is 11.3 Å². The van der Waals surface area contributed by atoms with E-state index >= 15 is 0 Å². The van der Waals surface area contributed by atoms with Crippen LogP contribution in [0, 0.1) is 5.82 Å². The summed E-state index contributed by atoms with van der Waals surface area (Å²) in [6.45, 7) is 3.50. The molecule has 0 spiro atoms. The second-order valence-electron chi connectivity index (χ2n) is 6.96. The minimum absolute atomic E-state index is 0.136. The van der Waals surface area contributed by atoms with Crippen LogP contribution in [0.15, 0.2) is 53.9 Å². The zero-order valence-corrected chi connectivity index (χ0v) is 17.5. The molecule has 1 N–H and O–H groups in total.